The van der Waals surface area contributed by atoms with Crippen LogP contribution in [0.4, 0.5) is 13.2 Å². The van der Waals surface area contributed by atoms with Crippen LogP contribution in [0, 0.1) is 11.3 Å². The monoisotopic (exact) mass is 267 g/mol. The second-order valence-electron chi connectivity index (χ2n) is 3.65. The van der Waals surface area contributed by atoms with E-state index in [1.165, 1.54) is 30.1 Å². The first-order valence-electron chi connectivity index (χ1n) is 5.17. The summed E-state index contributed by atoms with van der Waals surface area (Å²) in [7, 11) is 1.36. The molecule has 0 fully saturated rings. The van der Waals surface area contributed by atoms with Gasteiger partial charge in [0.2, 0.25) is 0 Å². The van der Waals surface area contributed by atoms with Gasteiger partial charge in [0.1, 0.15) is 11.6 Å². The Morgan fingerprint density at radius 3 is 2.32 bits per heavy atom. The van der Waals surface area contributed by atoms with Crippen molar-refractivity contribution in [1.29, 1.82) is 5.26 Å². The maximum atomic E-state index is 12.4. The van der Waals surface area contributed by atoms with Crippen LogP contribution in [0.5, 0.6) is 5.88 Å². The third kappa shape index (κ3) is 2.52. The van der Waals surface area contributed by atoms with Gasteiger partial charge in [0.15, 0.2) is 0 Å². The number of methoxy groups -OCH3 is 1. The predicted molar refractivity (Wildman–Crippen MR) is 59.8 cm³/mol. The lowest BCUT2D eigenvalue weighted by Gasteiger charge is -2.07. The van der Waals surface area contributed by atoms with Crippen LogP contribution < -0.4 is 4.74 Å². The lowest BCUT2D eigenvalue weighted by atomic mass is 10.2. The van der Waals surface area contributed by atoms with Crippen molar-refractivity contribution in [2.45, 2.75) is 6.18 Å². The number of benzene rings is 1. The molecule has 0 spiro atoms. The molecule has 0 saturated heterocycles. The number of hydrogen-bond acceptors (Lipinski definition) is 3. The first-order chi connectivity index (χ1) is 8.95. The molecular formula is C12H8F3N3O. The maximum absolute atomic E-state index is 12.4. The molecule has 4 nitrogen and oxygen atoms in total. The molecule has 0 saturated carbocycles. The van der Waals surface area contributed by atoms with Crippen molar-refractivity contribution in [1.82, 2.24) is 9.78 Å². The summed E-state index contributed by atoms with van der Waals surface area (Å²) in [5.41, 5.74) is -0.119. The summed E-state index contributed by atoms with van der Waals surface area (Å²) >= 11 is 0. The molecule has 98 valence electrons. The predicted octanol–water partition coefficient (Wildman–Crippen LogP) is 2.77. The van der Waals surface area contributed by atoms with Crippen LogP contribution in [0.2, 0.25) is 0 Å². The van der Waals surface area contributed by atoms with Gasteiger partial charge in [0.25, 0.3) is 5.88 Å². The van der Waals surface area contributed by atoms with Crippen LogP contribution in [-0.4, -0.2) is 16.9 Å². The largest absolute Gasteiger partial charge is 0.479 e. The Morgan fingerprint density at radius 1 is 1.26 bits per heavy atom. The average Bonchev–Trinajstić information content (AvgIpc) is 2.81. The average molecular weight is 267 g/mol. The molecule has 1 aromatic carbocycles. The number of nitriles is 1. The van der Waals surface area contributed by atoms with Crippen molar-refractivity contribution in [3.8, 4) is 17.6 Å². The lowest BCUT2D eigenvalue weighted by Crippen LogP contribution is -2.05. The van der Waals surface area contributed by atoms with Gasteiger partial charge in [0, 0.05) is 0 Å². The molecule has 7 heteroatoms. The zero-order valence-electron chi connectivity index (χ0n) is 9.77. The van der Waals surface area contributed by atoms with E-state index in [1.807, 2.05) is 6.07 Å². The fourth-order valence-electron chi connectivity index (χ4n) is 1.52. The summed E-state index contributed by atoms with van der Waals surface area (Å²) in [6, 6.07) is 6.34. The first kappa shape index (κ1) is 13.0. The standard InChI is InChI=1S/C12H8F3N3O/c1-19-11-8(6-16)7-18(17-11)10-4-2-9(3-5-10)12(13,14)15/h2-5,7H,1H3. The Morgan fingerprint density at radius 2 is 1.89 bits per heavy atom. The van der Waals surface area contributed by atoms with Gasteiger partial charge in [-0.15, -0.1) is 5.10 Å². The normalized spacial score (nSPS) is 11.1. The molecule has 0 amide bonds. The van der Waals surface area contributed by atoms with Gasteiger partial charge < -0.3 is 4.74 Å². The zero-order valence-corrected chi connectivity index (χ0v) is 9.77. The quantitative estimate of drug-likeness (QED) is 0.840. The van der Waals surface area contributed by atoms with E-state index >= 15 is 0 Å². The van der Waals surface area contributed by atoms with Crippen LogP contribution >= 0.6 is 0 Å². The molecule has 2 aromatic rings. The van der Waals surface area contributed by atoms with Crippen LogP contribution in [0.3, 0.4) is 0 Å². The molecule has 0 aliphatic rings. The van der Waals surface area contributed by atoms with Crippen molar-refractivity contribution < 1.29 is 17.9 Å². The van der Waals surface area contributed by atoms with E-state index in [4.69, 9.17) is 10.00 Å². The summed E-state index contributed by atoms with van der Waals surface area (Å²) in [5.74, 6) is 0.127. The van der Waals surface area contributed by atoms with E-state index in [0.29, 0.717) is 5.69 Å². The highest BCUT2D eigenvalue weighted by Gasteiger charge is 2.30. The Hall–Kier alpha value is -2.49. The van der Waals surface area contributed by atoms with E-state index < -0.39 is 11.7 Å². The van der Waals surface area contributed by atoms with E-state index in [9.17, 15) is 13.2 Å². The van der Waals surface area contributed by atoms with Crippen LogP contribution in [0.25, 0.3) is 5.69 Å². The fourth-order valence-corrected chi connectivity index (χ4v) is 1.52. The number of alkyl halides is 3. The van der Waals surface area contributed by atoms with Crippen LogP contribution in [-0.2, 0) is 6.18 Å². The lowest BCUT2D eigenvalue weighted by molar-refractivity contribution is -0.137. The third-order valence-corrected chi connectivity index (χ3v) is 2.45. The van der Waals surface area contributed by atoms with Crippen LogP contribution in [0.1, 0.15) is 11.1 Å². The van der Waals surface area contributed by atoms with E-state index in [2.05, 4.69) is 5.10 Å². The third-order valence-electron chi connectivity index (χ3n) is 2.45. The van der Waals surface area contributed by atoms with Crippen molar-refractivity contribution in [3.63, 3.8) is 0 Å². The number of hydrogen-bond donors (Lipinski definition) is 0. The molecule has 0 unspecified atom stereocenters. The Balaban J connectivity index is 2.38. The molecule has 0 aliphatic carbocycles. The highest BCUT2D eigenvalue weighted by molar-refractivity contribution is 5.41. The summed E-state index contributed by atoms with van der Waals surface area (Å²) < 4.78 is 43.4. The molecule has 0 radical (unpaired) electrons. The van der Waals surface area contributed by atoms with Gasteiger partial charge in [-0.3, -0.25) is 0 Å². The Bertz CT molecular complexity index is 623. The summed E-state index contributed by atoms with van der Waals surface area (Å²) in [6.07, 6.45) is -2.99. The van der Waals surface area contributed by atoms with Crippen molar-refractivity contribution in [2.24, 2.45) is 0 Å². The molecule has 1 heterocycles. The smallest absolute Gasteiger partial charge is 0.416 e. The van der Waals surface area contributed by atoms with Gasteiger partial charge in [-0.05, 0) is 24.3 Å². The van der Waals surface area contributed by atoms with Gasteiger partial charge in [-0.2, -0.15) is 18.4 Å². The second-order valence-corrected chi connectivity index (χ2v) is 3.65. The molecular weight excluding hydrogens is 259 g/mol. The summed E-state index contributed by atoms with van der Waals surface area (Å²) in [6.45, 7) is 0. The Kier molecular flexibility index (Phi) is 3.17. The topological polar surface area (TPSA) is 50.8 Å². The molecule has 19 heavy (non-hydrogen) atoms. The Labute approximate surface area is 106 Å². The van der Waals surface area contributed by atoms with Crippen LogP contribution in [0.15, 0.2) is 30.5 Å². The minimum Gasteiger partial charge on any atom is -0.479 e. The molecule has 0 bridgehead atoms. The SMILES string of the molecule is COc1nn(-c2ccc(C(F)(F)F)cc2)cc1C#N. The van der Waals surface area contributed by atoms with E-state index in [-0.39, 0.29) is 11.4 Å². The second kappa shape index (κ2) is 4.65. The summed E-state index contributed by atoms with van der Waals surface area (Å²) in [5, 5.41) is 12.8. The van der Waals surface area contributed by atoms with Crippen molar-refractivity contribution in [2.75, 3.05) is 7.11 Å². The first-order valence-corrected chi connectivity index (χ1v) is 5.17. The van der Waals surface area contributed by atoms with E-state index in [1.54, 1.807) is 0 Å². The van der Waals surface area contributed by atoms with Gasteiger partial charge in [-0.1, -0.05) is 0 Å². The summed E-state index contributed by atoms with van der Waals surface area (Å²) in [4.78, 5) is 0. The number of rotatable bonds is 2. The number of aromatic nitrogens is 2. The maximum Gasteiger partial charge on any atom is 0.416 e. The van der Waals surface area contributed by atoms with Gasteiger partial charge in [0.05, 0.1) is 24.6 Å². The van der Waals surface area contributed by atoms with Gasteiger partial charge in [-0.25, -0.2) is 4.68 Å². The van der Waals surface area contributed by atoms with E-state index in [0.717, 1.165) is 12.1 Å². The minimum absolute atomic E-state index is 0.127. The highest BCUT2D eigenvalue weighted by atomic mass is 19.4. The molecule has 1 aromatic heterocycles. The van der Waals surface area contributed by atoms with Crippen molar-refractivity contribution in [3.05, 3.63) is 41.6 Å². The molecule has 0 aliphatic heterocycles. The zero-order chi connectivity index (χ0) is 14.0. The highest BCUT2D eigenvalue weighted by Crippen LogP contribution is 2.29. The number of nitrogens with zero attached hydrogens (tertiary/aromatic N) is 3. The fraction of sp³-hybridized carbons (Fsp3) is 0.167. The molecule has 0 atom stereocenters. The molecule has 0 N–H and O–H groups in total. The van der Waals surface area contributed by atoms with Crippen molar-refractivity contribution >= 4 is 0 Å². The minimum atomic E-state index is -4.38. The number of halogens is 3. The molecule has 2 rings (SSSR count). The number of ether oxygens (including phenoxy) is 1. The van der Waals surface area contributed by atoms with Gasteiger partial charge >= 0.3 is 6.18 Å².